The minimum atomic E-state index is -3.56. The van der Waals surface area contributed by atoms with Gasteiger partial charge in [-0.05, 0) is 49.6 Å². The summed E-state index contributed by atoms with van der Waals surface area (Å²) in [4.78, 5) is 21.4. The van der Waals surface area contributed by atoms with E-state index in [0.29, 0.717) is 29.5 Å². The molecule has 3 rings (SSSR count). The number of benzene rings is 1. The molecule has 2 heterocycles. The first-order valence-electron chi connectivity index (χ1n) is 10.9. The summed E-state index contributed by atoms with van der Waals surface area (Å²) in [7, 11) is -3.56. The lowest BCUT2D eigenvalue weighted by Crippen LogP contribution is -2.50. The largest absolute Gasteiger partial charge is 0.357 e. The Morgan fingerprint density at radius 1 is 1.00 bits per heavy atom. The van der Waals surface area contributed by atoms with E-state index in [1.807, 2.05) is 18.2 Å². The van der Waals surface area contributed by atoms with Gasteiger partial charge < -0.3 is 9.80 Å². The van der Waals surface area contributed by atoms with Crippen LogP contribution in [0.15, 0.2) is 47.5 Å². The molecule has 7 nitrogen and oxygen atoms in total. The molecule has 8 heteroatoms. The van der Waals surface area contributed by atoms with Crippen molar-refractivity contribution in [2.24, 2.45) is 0 Å². The summed E-state index contributed by atoms with van der Waals surface area (Å²) < 4.78 is 27.4. The summed E-state index contributed by atoms with van der Waals surface area (Å²) in [5.74, 6) is 1.08. The predicted octanol–water partition coefficient (Wildman–Crippen LogP) is 3.20. The maximum absolute atomic E-state index is 13.0. The number of nitrogens with zero attached hydrogens (tertiary/aromatic N) is 4. The lowest BCUT2D eigenvalue weighted by Gasteiger charge is -2.34. The molecule has 0 radical (unpaired) electrons. The van der Waals surface area contributed by atoms with Crippen LogP contribution in [0.3, 0.4) is 0 Å². The SMILES string of the molecule is CCN(CC)c1ccc(C(=O)N2CCN(S(=O)(=O)c3ccc(C(C)C)cc3)CC2)cn1. The zero-order chi connectivity index (χ0) is 22.6. The Bertz CT molecular complexity index is 976. The van der Waals surface area contributed by atoms with E-state index in [9.17, 15) is 13.2 Å². The zero-order valence-corrected chi connectivity index (χ0v) is 19.6. The summed E-state index contributed by atoms with van der Waals surface area (Å²) in [5.41, 5.74) is 1.63. The Morgan fingerprint density at radius 3 is 2.10 bits per heavy atom. The van der Waals surface area contributed by atoms with E-state index in [-0.39, 0.29) is 19.0 Å². The third-order valence-corrected chi connectivity index (χ3v) is 7.71. The minimum Gasteiger partial charge on any atom is -0.357 e. The third kappa shape index (κ3) is 5.07. The van der Waals surface area contributed by atoms with E-state index in [0.717, 1.165) is 24.5 Å². The second kappa shape index (κ2) is 9.78. The second-order valence-electron chi connectivity index (χ2n) is 8.00. The van der Waals surface area contributed by atoms with Crippen molar-refractivity contribution in [3.8, 4) is 0 Å². The molecular weight excluding hydrogens is 412 g/mol. The maximum atomic E-state index is 13.0. The molecular formula is C23H32N4O3S. The fourth-order valence-electron chi connectivity index (χ4n) is 3.74. The smallest absolute Gasteiger partial charge is 0.255 e. The molecule has 1 aromatic heterocycles. The van der Waals surface area contributed by atoms with Gasteiger partial charge in [0.25, 0.3) is 5.91 Å². The highest BCUT2D eigenvalue weighted by Gasteiger charge is 2.30. The molecule has 1 amide bonds. The van der Waals surface area contributed by atoms with Gasteiger partial charge in [0.1, 0.15) is 5.82 Å². The van der Waals surface area contributed by atoms with E-state index < -0.39 is 10.0 Å². The quantitative estimate of drug-likeness (QED) is 0.656. The van der Waals surface area contributed by atoms with Gasteiger partial charge in [-0.3, -0.25) is 4.79 Å². The number of pyridine rings is 1. The van der Waals surface area contributed by atoms with Gasteiger partial charge in [0, 0.05) is 45.5 Å². The number of hydrogen-bond donors (Lipinski definition) is 0. The number of carbonyl (C=O) groups excluding carboxylic acids is 1. The first-order valence-corrected chi connectivity index (χ1v) is 12.3. The molecule has 31 heavy (non-hydrogen) atoms. The van der Waals surface area contributed by atoms with Crippen LogP contribution in [0, 0.1) is 0 Å². The summed E-state index contributed by atoms with van der Waals surface area (Å²) in [6.45, 7) is 11.3. The van der Waals surface area contributed by atoms with E-state index >= 15 is 0 Å². The van der Waals surface area contributed by atoms with Crippen molar-refractivity contribution >= 4 is 21.7 Å². The van der Waals surface area contributed by atoms with Crippen molar-refractivity contribution in [1.82, 2.24) is 14.2 Å². The number of amides is 1. The van der Waals surface area contributed by atoms with Crippen LogP contribution in [0.1, 0.15) is 49.5 Å². The monoisotopic (exact) mass is 444 g/mol. The number of anilines is 1. The summed E-state index contributed by atoms with van der Waals surface area (Å²) in [6.07, 6.45) is 1.61. The van der Waals surface area contributed by atoms with Gasteiger partial charge >= 0.3 is 0 Å². The Hall–Kier alpha value is -2.45. The molecule has 1 saturated heterocycles. The Balaban J connectivity index is 1.63. The van der Waals surface area contributed by atoms with Crippen LogP contribution in [0.5, 0.6) is 0 Å². The Morgan fingerprint density at radius 2 is 1.61 bits per heavy atom. The van der Waals surface area contributed by atoms with Crippen LogP contribution in [-0.2, 0) is 10.0 Å². The Kier molecular flexibility index (Phi) is 7.33. The molecule has 0 N–H and O–H groups in total. The average Bonchev–Trinajstić information content (AvgIpc) is 2.80. The number of hydrogen-bond acceptors (Lipinski definition) is 5. The highest BCUT2D eigenvalue weighted by Crippen LogP contribution is 2.22. The predicted molar refractivity (Wildman–Crippen MR) is 123 cm³/mol. The molecule has 0 spiro atoms. The molecule has 0 bridgehead atoms. The fourth-order valence-corrected chi connectivity index (χ4v) is 5.16. The molecule has 0 unspecified atom stereocenters. The van der Waals surface area contributed by atoms with E-state index in [4.69, 9.17) is 0 Å². The van der Waals surface area contributed by atoms with Crippen molar-refractivity contribution in [2.45, 2.75) is 38.5 Å². The molecule has 0 aliphatic carbocycles. The van der Waals surface area contributed by atoms with E-state index in [1.165, 1.54) is 4.31 Å². The van der Waals surface area contributed by atoms with Gasteiger partial charge in [-0.25, -0.2) is 13.4 Å². The first kappa shape index (κ1) is 23.2. The number of piperazine rings is 1. The average molecular weight is 445 g/mol. The van der Waals surface area contributed by atoms with Gasteiger partial charge in [-0.1, -0.05) is 26.0 Å². The standard InChI is InChI=1S/C23H32N4O3S/c1-5-25(6-2)22-12-9-20(17-24-22)23(28)26-13-15-27(16-14-26)31(29,30)21-10-7-19(8-11-21)18(3)4/h7-12,17-18H,5-6,13-16H2,1-4H3. The van der Waals surface area contributed by atoms with E-state index in [1.54, 1.807) is 29.3 Å². The van der Waals surface area contributed by atoms with Crippen LogP contribution in [0.4, 0.5) is 5.82 Å². The first-order chi connectivity index (χ1) is 14.8. The highest BCUT2D eigenvalue weighted by molar-refractivity contribution is 7.89. The molecule has 1 fully saturated rings. The van der Waals surface area contributed by atoms with Crippen molar-refractivity contribution < 1.29 is 13.2 Å². The highest BCUT2D eigenvalue weighted by atomic mass is 32.2. The normalized spacial score (nSPS) is 15.3. The van der Waals surface area contributed by atoms with Gasteiger partial charge in [-0.2, -0.15) is 4.31 Å². The lowest BCUT2D eigenvalue weighted by molar-refractivity contribution is 0.0697. The van der Waals surface area contributed by atoms with Crippen molar-refractivity contribution in [2.75, 3.05) is 44.2 Å². The summed E-state index contributed by atoms with van der Waals surface area (Å²) in [6, 6.07) is 10.7. The maximum Gasteiger partial charge on any atom is 0.255 e. The molecule has 168 valence electrons. The van der Waals surface area contributed by atoms with Crippen LogP contribution in [0.25, 0.3) is 0 Å². The summed E-state index contributed by atoms with van der Waals surface area (Å²) >= 11 is 0. The molecule has 1 aromatic carbocycles. The number of carbonyl (C=O) groups is 1. The number of rotatable bonds is 7. The van der Waals surface area contributed by atoms with Crippen molar-refractivity contribution in [1.29, 1.82) is 0 Å². The third-order valence-electron chi connectivity index (χ3n) is 5.79. The van der Waals surface area contributed by atoms with Crippen LogP contribution in [0.2, 0.25) is 0 Å². The van der Waals surface area contributed by atoms with Crippen molar-refractivity contribution in [3.63, 3.8) is 0 Å². The minimum absolute atomic E-state index is 0.114. The topological polar surface area (TPSA) is 73.8 Å². The fraction of sp³-hybridized carbons (Fsp3) is 0.478. The van der Waals surface area contributed by atoms with Gasteiger partial charge in [0.05, 0.1) is 10.5 Å². The van der Waals surface area contributed by atoms with Crippen LogP contribution < -0.4 is 4.90 Å². The van der Waals surface area contributed by atoms with Crippen molar-refractivity contribution in [3.05, 3.63) is 53.7 Å². The van der Waals surface area contributed by atoms with Gasteiger partial charge in [0.2, 0.25) is 10.0 Å². The summed E-state index contributed by atoms with van der Waals surface area (Å²) in [5, 5.41) is 0. The lowest BCUT2D eigenvalue weighted by atomic mass is 10.0. The molecule has 1 aliphatic rings. The molecule has 2 aromatic rings. The second-order valence-corrected chi connectivity index (χ2v) is 9.94. The van der Waals surface area contributed by atoms with Gasteiger partial charge in [0.15, 0.2) is 0 Å². The van der Waals surface area contributed by atoms with Crippen LogP contribution >= 0.6 is 0 Å². The Labute approximate surface area is 185 Å². The zero-order valence-electron chi connectivity index (χ0n) is 18.8. The molecule has 0 saturated carbocycles. The number of sulfonamides is 1. The molecule has 1 aliphatic heterocycles. The number of aromatic nitrogens is 1. The van der Waals surface area contributed by atoms with E-state index in [2.05, 4.69) is 37.6 Å². The van der Waals surface area contributed by atoms with Gasteiger partial charge in [-0.15, -0.1) is 0 Å². The molecule has 0 atom stereocenters. The van der Waals surface area contributed by atoms with Crippen LogP contribution in [-0.4, -0.2) is 67.8 Å².